The molecule has 0 aliphatic heterocycles. The van der Waals surface area contributed by atoms with Crippen LogP contribution in [0.4, 0.5) is 22.0 Å². The van der Waals surface area contributed by atoms with Gasteiger partial charge in [-0.2, -0.15) is 0 Å². The summed E-state index contributed by atoms with van der Waals surface area (Å²) >= 11 is 0. The van der Waals surface area contributed by atoms with Crippen LogP contribution in [0.2, 0.25) is 0 Å². The van der Waals surface area contributed by atoms with Crippen molar-refractivity contribution in [2.24, 2.45) is 0 Å². The van der Waals surface area contributed by atoms with E-state index in [1.807, 2.05) is 0 Å². The Morgan fingerprint density at radius 1 is 0.750 bits per heavy atom. The molecule has 2 rings (SSSR count). The summed E-state index contributed by atoms with van der Waals surface area (Å²) in [4.78, 5) is 0. The van der Waals surface area contributed by atoms with E-state index in [0.717, 1.165) is 0 Å². The Labute approximate surface area is 111 Å². The fourth-order valence-corrected chi connectivity index (χ4v) is 1.85. The molecule has 2 aromatic carbocycles. The highest BCUT2D eigenvalue weighted by Crippen LogP contribution is 2.29. The van der Waals surface area contributed by atoms with Crippen LogP contribution in [0.5, 0.6) is 0 Å². The van der Waals surface area contributed by atoms with Gasteiger partial charge in [-0.25, -0.2) is 22.0 Å². The van der Waals surface area contributed by atoms with Crippen molar-refractivity contribution in [3.05, 3.63) is 70.5 Å². The van der Waals surface area contributed by atoms with Crippen LogP contribution in [0.3, 0.4) is 0 Å². The predicted molar refractivity (Wildman–Crippen MR) is 61.3 cm³/mol. The number of benzene rings is 2. The number of rotatable bonds is 3. The summed E-state index contributed by atoms with van der Waals surface area (Å²) in [6.07, 6.45) is -2.10. The van der Waals surface area contributed by atoms with Gasteiger partial charge in [0.15, 0.2) is 23.3 Å². The molecule has 0 heterocycles. The van der Waals surface area contributed by atoms with Gasteiger partial charge < -0.3 is 5.11 Å². The summed E-state index contributed by atoms with van der Waals surface area (Å²) in [7, 11) is 0. The lowest BCUT2D eigenvalue weighted by atomic mass is 10.00. The molecule has 1 N–H and O–H groups in total. The van der Waals surface area contributed by atoms with E-state index in [1.54, 1.807) is 30.3 Å². The van der Waals surface area contributed by atoms with Crippen molar-refractivity contribution in [3.8, 4) is 0 Å². The maximum absolute atomic E-state index is 13.5. The quantitative estimate of drug-likeness (QED) is 0.519. The molecule has 6 heteroatoms. The lowest BCUT2D eigenvalue weighted by Gasteiger charge is -2.14. The summed E-state index contributed by atoms with van der Waals surface area (Å²) in [5.41, 5.74) is -0.714. The summed E-state index contributed by atoms with van der Waals surface area (Å²) in [5, 5.41) is 9.74. The van der Waals surface area contributed by atoms with Crippen LogP contribution < -0.4 is 0 Å². The molecule has 106 valence electrons. The molecular formula is C14H9F5O. The van der Waals surface area contributed by atoms with Crippen molar-refractivity contribution < 1.29 is 27.1 Å². The first kappa shape index (κ1) is 14.5. The first-order valence-corrected chi connectivity index (χ1v) is 5.66. The van der Waals surface area contributed by atoms with Gasteiger partial charge in [0.2, 0.25) is 5.82 Å². The van der Waals surface area contributed by atoms with E-state index >= 15 is 0 Å². The third-order valence-corrected chi connectivity index (χ3v) is 2.85. The van der Waals surface area contributed by atoms with Crippen LogP contribution in [-0.4, -0.2) is 5.11 Å². The zero-order valence-corrected chi connectivity index (χ0v) is 10.0. The van der Waals surface area contributed by atoms with E-state index in [9.17, 15) is 27.1 Å². The average Bonchev–Trinajstić information content (AvgIpc) is 2.44. The van der Waals surface area contributed by atoms with Gasteiger partial charge in [0.25, 0.3) is 0 Å². The molecule has 0 saturated heterocycles. The molecule has 20 heavy (non-hydrogen) atoms. The highest BCUT2D eigenvalue weighted by Gasteiger charge is 2.29. The average molecular weight is 288 g/mol. The van der Waals surface area contributed by atoms with E-state index in [2.05, 4.69) is 0 Å². The van der Waals surface area contributed by atoms with Gasteiger partial charge in [-0.3, -0.25) is 0 Å². The fraction of sp³-hybridized carbons (Fsp3) is 0.143. The maximum Gasteiger partial charge on any atom is 0.200 e. The highest BCUT2D eigenvalue weighted by atomic mass is 19.2. The summed E-state index contributed by atoms with van der Waals surface area (Å²) in [5.74, 6) is -10.4. The molecule has 0 aliphatic carbocycles. The first-order chi connectivity index (χ1) is 9.43. The monoisotopic (exact) mass is 288 g/mol. The third kappa shape index (κ3) is 2.51. The molecule has 1 unspecified atom stereocenters. The molecule has 1 nitrogen and oxygen atoms in total. The topological polar surface area (TPSA) is 20.2 Å². The van der Waals surface area contributed by atoms with Gasteiger partial charge in [0, 0.05) is 6.42 Å². The number of hydrogen-bond donors (Lipinski definition) is 1. The largest absolute Gasteiger partial charge is 0.388 e. The Bertz CT molecular complexity index is 598. The Morgan fingerprint density at radius 3 is 1.70 bits per heavy atom. The van der Waals surface area contributed by atoms with Crippen molar-refractivity contribution in [2.45, 2.75) is 12.5 Å². The van der Waals surface area contributed by atoms with Crippen molar-refractivity contribution in [3.63, 3.8) is 0 Å². The van der Waals surface area contributed by atoms with Crippen molar-refractivity contribution in [2.75, 3.05) is 0 Å². The molecule has 1 atom stereocenters. The second-order valence-corrected chi connectivity index (χ2v) is 4.19. The minimum atomic E-state index is -2.24. The van der Waals surface area contributed by atoms with Crippen LogP contribution in [-0.2, 0) is 6.42 Å². The number of aliphatic hydroxyl groups is 1. The normalized spacial score (nSPS) is 12.5. The SMILES string of the molecule is OC(Cc1ccccc1)c1c(F)c(F)c(F)c(F)c1F. The Hall–Kier alpha value is -1.95. The summed E-state index contributed by atoms with van der Waals surface area (Å²) < 4.78 is 65.9. The molecule has 0 aliphatic rings. The minimum Gasteiger partial charge on any atom is -0.388 e. The lowest BCUT2D eigenvalue weighted by Crippen LogP contribution is -2.13. The van der Waals surface area contributed by atoms with Gasteiger partial charge in [-0.1, -0.05) is 30.3 Å². The Balaban J connectivity index is 2.42. The van der Waals surface area contributed by atoms with Crippen LogP contribution in [0, 0.1) is 29.1 Å². The third-order valence-electron chi connectivity index (χ3n) is 2.85. The smallest absolute Gasteiger partial charge is 0.200 e. The van der Waals surface area contributed by atoms with Crippen LogP contribution in [0.15, 0.2) is 30.3 Å². The second-order valence-electron chi connectivity index (χ2n) is 4.19. The predicted octanol–water partition coefficient (Wildman–Crippen LogP) is 3.66. The molecule has 0 saturated carbocycles. The molecule has 0 radical (unpaired) electrons. The van der Waals surface area contributed by atoms with Gasteiger partial charge >= 0.3 is 0 Å². The second kappa shape index (κ2) is 5.58. The van der Waals surface area contributed by atoms with Crippen LogP contribution >= 0.6 is 0 Å². The van der Waals surface area contributed by atoms with E-state index in [0.29, 0.717) is 5.56 Å². The number of aliphatic hydroxyl groups excluding tert-OH is 1. The van der Waals surface area contributed by atoms with Gasteiger partial charge in [-0.05, 0) is 5.56 Å². The highest BCUT2D eigenvalue weighted by molar-refractivity contribution is 5.28. The van der Waals surface area contributed by atoms with E-state index in [-0.39, 0.29) is 6.42 Å². The van der Waals surface area contributed by atoms with Gasteiger partial charge in [0.1, 0.15) is 0 Å². The van der Waals surface area contributed by atoms with Crippen LogP contribution in [0.25, 0.3) is 0 Å². The summed E-state index contributed by atoms with van der Waals surface area (Å²) in [6.45, 7) is 0. The van der Waals surface area contributed by atoms with Gasteiger partial charge in [0.05, 0.1) is 11.7 Å². The molecule has 0 fully saturated rings. The minimum absolute atomic E-state index is 0.265. The van der Waals surface area contributed by atoms with Gasteiger partial charge in [-0.15, -0.1) is 0 Å². The van der Waals surface area contributed by atoms with E-state index < -0.39 is 40.8 Å². The summed E-state index contributed by atoms with van der Waals surface area (Å²) in [6, 6.07) is 8.07. The van der Waals surface area contributed by atoms with E-state index in [1.165, 1.54) is 0 Å². The number of hydrogen-bond acceptors (Lipinski definition) is 1. The van der Waals surface area contributed by atoms with E-state index in [4.69, 9.17) is 0 Å². The zero-order chi connectivity index (χ0) is 14.9. The zero-order valence-electron chi connectivity index (χ0n) is 10.0. The Morgan fingerprint density at radius 2 is 1.20 bits per heavy atom. The van der Waals surface area contributed by atoms with Crippen molar-refractivity contribution in [1.29, 1.82) is 0 Å². The van der Waals surface area contributed by atoms with Crippen molar-refractivity contribution >= 4 is 0 Å². The standard InChI is InChI=1S/C14H9F5O/c15-10-9(11(16)13(18)14(19)12(10)17)8(20)6-7-4-2-1-3-5-7/h1-5,8,20H,6H2. The van der Waals surface area contributed by atoms with Crippen LogP contribution in [0.1, 0.15) is 17.2 Å². The Kier molecular flexibility index (Phi) is 4.04. The number of halogens is 5. The molecule has 2 aromatic rings. The maximum atomic E-state index is 13.5. The first-order valence-electron chi connectivity index (χ1n) is 5.66. The molecular weight excluding hydrogens is 279 g/mol. The molecule has 0 bridgehead atoms. The lowest BCUT2D eigenvalue weighted by molar-refractivity contribution is 0.164. The fourth-order valence-electron chi connectivity index (χ4n) is 1.85. The van der Waals surface area contributed by atoms with Crippen molar-refractivity contribution in [1.82, 2.24) is 0 Å². The molecule has 0 aromatic heterocycles. The molecule has 0 amide bonds. The molecule has 0 spiro atoms.